The van der Waals surface area contributed by atoms with Crippen LogP contribution >= 0.6 is 10.7 Å². The highest BCUT2D eigenvalue weighted by molar-refractivity contribution is 8.17. The van der Waals surface area contributed by atoms with Crippen molar-refractivity contribution < 1.29 is 8.42 Å². The van der Waals surface area contributed by atoms with E-state index in [9.17, 15) is 8.42 Å². The van der Waals surface area contributed by atoms with Crippen LogP contribution in [-0.4, -0.2) is 8.42 Å². The molecule has 0 aromatic rings. The monoisotopic (exact) mass is 124 g/mol. The first-order chi connectivity index (χ1) is 2.56. The fourth-order valence-electron chi connectivity index (χ4n) is 0. The van der Waals surface area contributed by atoms with E-state index in [1.807, 2.05) is 0 Å². The summed E-state index contributed by atoms with van der Waals surface area (Å²) in [6, 6.07) is 0. The molecule has 0 bridgehead atoms. The lowest BCUT2D eigenvalue weighted by Crippen LogP contribution is -1.75. The molecule has 0 saturated heterocycles. The second-order valence-electron chi connectivity index (χ2n) is 0.556. The number of terminal acetylenes is 1. The molecule has 0 atom stereocenters. The van der Waals surface area contributed by atoms with Crippen LogP contribution in [0.15, 0.2) is 0 Å². The van der Waals surface area contributed by atoms with Gasteiger partial charge in [-0.3, -0.25) is 0 Å². The van der Waals surface area contributed by atoms with E-state index < -0.39 is 9.05 Å². The van der Waals surface area contributed by atoms with Gasteiger partial charge in [-0.25, -0.2) is 0 Å². The van der Waals surface area contributed by atoms with Crippen molar-refractivity contribution in [3.05, 3.63) is 0 Å². The van der Waals surface area contributed by atoms with Crippen LogP contribution in [0.3, 0.4) is 0 Å². The van der Waals surface area contributed by atoms with Crippen LogP contribution in [0.2, 0.25) is 0 Å². The highest BCUT2D eigenvalue weighted by Crippen LogP contribution is 1.88. The molecule has 0 heterocycles. The first kappa shape index (κ1) is 5.80. The Hall–Kier alpha value is -0.200. The van der Waals surface area contributed by atoms with Crippen LogP contribution in [0.5, 0.6) is 0 Å². The minimum atomic E-state index is -3.66. The van der Waals surface area contributed by atoms with Crippen molar-refractivity contribution >= 4 is 19.7 Å². The summed E-state index contributed by atoms with van der Waals surface area (Å²) in [6.45, 7) is 0. The minimum absolute atomic E-state index is 1.34. The van der Waals surface area contributed by atoms with Crippen LogP contribution in [0.1, 0.15) is 0 Å². The molecule has 0 aliphatic carbocycles. The molecule has 6 heavy (non-hydrogen) atoms. The van der Waals surface area contributed by atoms with E-state index in [0.717, 1.165) is 0 Å². The topological polar surface area (TPSA) is 34.1 Å². The summed E-state index contributed by atoms with van der Waals surface area (Å²) >= 11 is 0. The number of hydrogen-bond acceptors (Lipinski definition) is 2. The molecule has 0 amide bonds. The van der Waals surface area contributed by atoms with Gasteiger partial charge in [0.2, 0.25) is 0 Å². The van der Waals surface area contributed by atoms with E-state index in [1.54, 1.807) is 0 Å². The zero-order valence-corrected chi connectivity index (χ0v) is 4.25. The lowest BCUT2D eigenvalue weighted by molar-refractivity contribution is 0.618. The minimum Gasteiger partial charge on any atom is -0.198 e. The van der Waals surface area contributed by atoms with Gasteiger partial charge in [-0.1, -0.05) is 0 Å². The third-order valence-electron chi connectivity index (χ3n) is 0.141. The van der Waals surface area contributed by atoms with E-state index in [-0.39, 0.29) is 0 Å². The molecule has 0 radical (unpaired) electrons. The predicted molar refractivity (Wildman–Crippen MR) is 23.6 cm³/mol. The highest BCUT2D eigenvalue weighted by Gasteiger charge is 1.90. The maximum atomic E-state index is 9.53. The summed E-state index contributed by atoms with van der Waals surface area (Å²) in [7, 11) is 0.792. The molecule has 0 aromatic carbocycles. The van der Waals surface area contributed by atoms with E-state index in [1.165, 1.54) is 5.25 Å². The van der Waals surface area contributed by atoms with E-state index in [0.29, 0.717) is 0 Å². The van der Waals surface area contributed by atoms with Gasteiger partial charge in [0.1, 0.15) is 0 Å². The van der Waals surface area contributed by atoms with Crippen molar-refractivity contribution in [2.45, 2.75) is 0 Å². The first-order valence-electron chi connectivity index (χ1n) is 0.980. The molecule has 0 aliphatic rings. The number of hydrogen-bond donors (Lipinski definition) is 0. The van der Waals surface area contributed by atoms with Crippen molar-refractivity contribution in [1.29, 1.82) is 0 Å². The molecular formula is C2HClO2S. The smallest absolute Gasteiger partial charge is 0.198 e. The Bertz CT molecular complexity index is 160. The third kappa shape index (κ3) is 3.80. The lowest BCUT2D eigenvalue weighted by atomic mass is 11.4. The van der Waals surface area contributed by atoms with Gasteiger partial charge in [-0.05, 0) is 0 Å². The van der Waals surface area contributed by atoms with Gasteiger partial charge >= 0.3 is 0 Å². The largest absolute Gasteiger partial charge is 0.300 e. The SMILES string of the molecule is C#CS(=O)(=O)Cl. The molecular weight excluding hydrogens is 124 g/mol. The van der Waals surface area contributed by atoms with E-state index in [4.69, 9.17) is 0 Å². The summed E-state index contributed by atoms with van der Waals surface area (Å²) in [5, 5.41) is 1.34. The molecule has 0 fully saturated rings. The summed E-state index contributed by atoms with van der Waals surface area (Å²) < 4.78 is 19.1. The molecule has 34 valence electrons. The Balaban J connectivity index is 4.41. The Morgan fingerprint density at radius 2 is 1.83 bits per heavy atom. The maximum absolute atomic E-state index is 9.53. The molecule has 2 nitrogen and oxygen atoms in total. The second-order valence-corrected chi connectivity index (χ2v) is 2.89. The molecule has 0 spiro atoms. The average molecular weight is 125 g/mol. The van der Waals surface area contributed by atoms with Crippen LogP contribution < -0.4 is 0 Å². The van der Waals surface area contributed by atoms with Gasteiger partial charge in [-0.2, -0.15) is 8.42 Å². The predicted octanol–water partition coefficient (Wildman–Crippen LogP) is 0.146. The number of halogens is 1. The second kappa shape index (κ2) is 1.50. The normalized spacial score (nSPS) is 10.0. The number of rotatable bonds is 0. The molecule has 0 N–H and O–H groups in total. The Morgan fingerprint density at radius 1 is 1.67 bits per heavy atom. The zero-order valence-electron chi connectivity index (χ0n) is 2.68. The third-order valence-corrected chi connectivity index (χ3v) is 0.690. The van der Waals surface area contributed by atoms with E-state index in [2.05, 4.69) is 17.1 Å². The molecule has 0 aromatic heterocycles. The summed E-state index contributed by atoms with van der Waals surface area (Å²) in [6.07, 6.45) is 4.34. The van der Waals surface area contributed by atoms with Crippen LogP contribution in [0.4, 0.5) is 0 Å². The van der Waals surface area contributed by atoms with Gasteiger partial charge in [0.05, 0.1) is 0 Å². The molecule has 0 unspecified atom stereocenters. The van der Waals surface area contributed by atoms with Crippen molar-refractivity contribution in [2.75, 3.05) is 0 Å². The fraction of sp³-hybridized carbons (Fsp3) is 0. The average Bonchev–Trinajstić information content (AvgIpc) is 1.35. The van der Waals surface area contributed by atoms with Crippen molar-refractivity contribution in [3.63, 3.8) is 0 Å². The van der Waals surface area contributed by atoms with Gasteiger partial charge in [0.25, 0.3) is 9.05 Å². The van der Waals surface area contributed by atoms with E-state index >= 15 is 0 Å². The summed E-state index contributed by atoms with van der Waals surface area (Å²) in [4.78, 5) is 0. The van der Waals surface area contributed by atoms with Gasteiger partial charge < -0.3 is 0 Å². The Labute approximate surface area is 40.5 Å². The van der Waals surface area contributed by atoms with Gasteiger partial charge in [0, 0.05) is 15.9 Å². The van der Waals surface area contributed by atoms with Crippen LogP contribution in [-0.2, 0) is 9.05 Å². The Morgan fingerprint density at radius 3 is 1.83 bits per heavy atom. The quantitative estimate of drug-likeness (QED) is 0.340. The maximum Gasteiger partial charge on any atom is 0.300 e. The molecule has 0 rings (SSSR count). The van der Waals surface area contributed by atoms with Crippen LogP contribution in [0, 0.1) is 11.7 Å². The van der Waals surface area contributed by atoms with Crippen molar-refractivity contribution in [1.82, 2.24) is 0 Å². The van der Waals surface area contributed by atoms with Crippen molar-refractivity contribution in [3.8, 4) is 11.7 Å². The molecule has 4 heteroatoms. The fourth-order valence-corrected chi connectivity index (χ4v) is 0. The Kier molecular flexibility index (Phi) is 1.45. The summed E-state index contributed by atoms with van der Waals surface area (Å²) in [5.74, 6) is 0. The zero-order chi connectivity index (χ0) is 5.21. The summed E-state index contributed by atoms with van der Waals surface area (Å²) in [5.41, 5.74) is 0. The standard InChI is InChI=1S/C2HClO2S/c1-2-6(3,4)5/h1H. The highest BCUT2D eigenvalue weighted by atomic mass is 35.7. The molecule has 0 aliphatic heterocycles. The lowest BCUT2D eigenvalue weighted by Gasteiger charge is -1.65. The molecule has 0 saturated carbocycles. The van der Waals surface area contributed by atoms with Gasteiger partial charge in [-0.15, -0.1) is 6.42 Å². The van der Waals surface area contributed by atoms with Crippen LogP contribution in [0.25, 0.3) is 0 Å². The van der Waals surface area contributed by atoms with Crippen molar-refractivity contribution in [2.24, 2.45) is 0 Å². The van der Waals surface area contributed by atoms with Gasteiger partial charge in [0.15, 0.2) is 0 Å². The first-order valence-corrected chi connectivity index (χ1v) is 3.29.